The van der Waals surface area contributed by atoms with Gasteiger partial charge in [-0.15, -0.1) is 24.8 Å². The zero-order valence-electron chi connectivity index (χ0n) is 6.74. The van der Waals surface area contributed by atoms with E-state index in [0.29, 0.717) is 13.1 Å². The van der Waals surface area contributed by atoms with Crippen molar-refractivity contribution >= 4 is 24.8 Å². The SMILES string of the molecule is CN1C[C@@H](N)[C@H](C(F)F)C1.Cl.Cl. The minimum Gasteiger partial charge on any atom is -0.326 e. The fourth-order valence-corrected chi connectivity index (χ4v) is 1.33. The maximum absolute atomic E-state index is 12.1. The normalized spacial score (nSPS) is 29.8. The number of nitrogens with two attached hydrogens (primary N) is 1. The quantitative estimate of drug-likeness (QED) is 0.718. The van der Waals surface area contributed by atoms with Crippen molar-refractivity contribution in [2.24, 2.45) is 11.7 Å². The van der Waals surface area contributed by atoms with Gasteiger partial charge < -0.3 is 10.6 Å². The van der Waals surface area contributed by atoms with Crippen LogP contribution in [0.25, 0.3) is 0 Å². The molecule has 0 aromatic rings. The van der Waals surface area contributed by atoms with Gasteiger partial charge in [0, 0.05) is 25.0 Å². The first-order valence-corrected chi connectivity index (χ1v) is 3.33. The summed E-state index contributed by atoms with van der Waals surface area (Å²) in [6.07, 6.45) is -2.26. The van der Waals surface area contributed by atoms with Gasteiger partial charge in [0.05, 0.1) is 0 Å². The molecule has 0 spiro atoms. The summed E-state index contributed by atoms with van der Waals surface area (Å²) in [6, 6.07) is -0.343. The van der Waals surface area contributed by atoms with Gasteiger partial charge in [0.15, 0.2) is 0 Å². The molecule has 2 N–H and O–H groups in total. The van der Waals surface area contributed by atoms with E-state index in [2.05, 4.69) is 0 Å². The van der Waals surface area contributed by atoms with E-state index >= 15 is 0 Å². The van der Waals surface area contributed by atoms with Crippen LogP contribution in [0.1, 0.15) is 0 Å². The molecular weight excluding hydrogens is 209 g/mol. The molecular formula is C6H14Cl2F2N2. The van der Waals surface area contributed by atoms with E-state index in [4.69, 9.17) is 5.73 Å². The molecule has 1 rings (SSSR count). The molecule has 1 heterocycles. The lowest BCUT2D eigenvalue weighted by molar-refractivity contribution is 0.0759. The molecule has 0 unspecified atom stereocenters. The van der Waals surface area contributed by atoms with Crippen molar-refractivity contribution in [3.63, 3.8) is 0 Å². The van der Waals surface area contributed by atoms with E-state index in [0.717, 1.165) is 0 Å². The Kier molecular flexibility index (Phi) is 7.32. The molecule has 6 heteroatoms. The first-order chi connectivity index (χ1) is 4.61. The van der Waals surface area contributed by atoms with Crippen molar-refractivity contribution in [2.75, 3.05) is 20.1 Å². The minimum absolute atomic E-state index is 0. The third kappa shape index (κ3) is 3.39. The lowest BCUT2D eigenvalue weighted by Gasteiger charge is -2.11. The molecule has 0 radical (unpaired) electrons. The highest BCUT2D eigenvalue weighted by molar-refractivity contribution is 5.85. The third-order valence-corrected chi connectivity index (χ3v) is 1.92. The van der Waals surface area contributed by atoms with Gasteiger partial charge in [0.2, 0.25) is 6.43 Å². The average Bonchev–Trinajstić information content (AvgIpc) is 2.10. The molecule has 2 nitrogen and oxygen atoms in total. The van der Waals surface area contributed by atoms with Crippen LogP contribution < -0.4 is 5.73 Å². The third-order valence-electron chi connectivity index (χ3n) is 1.92. The Morgan fingerprint density at radius 2 is 1.83 bits per heavy atom. The summed E-state index contributed by atoms with van der Waals surface area (Å²) in [7, 11) is 1.81. The molecule has 0 saturated carbocycles. The minimum atomic E-state index is -2.26. The van der Waals surface area contributed by atoms with Crippen molar-refractivity contribution in [2.45, 2.75) is 12.5 Å². The Labute approximate surface area is 83.3 Å². The van der Waals surface area contributed by atoms with E-state index in [1.54, 1.807) is 0 Å². The molecule has 0 bridgehead atoms. The van der Waals surface area contributed by atoms with Gasteiger partial charge in [-0.1, -0.05) is 0 Å². The first kappa shape index (κ1) is 14.9. The van der Waals surface area contributed by atoms with Crippen LogP contribution in [0.5, 0.6) is 0 Å². The largest absolute Gasteiger partial charge is 0.326 e. The lowest BCUT2D eigenvalue weighted by atomic mass is 10.1. The van der Waals surface area contributed by atoms with E-state index in [9.17, 15) is 8.78 Å². The summed E-state index contributed by atoms with van der Waals surface area (Å²) in [4.78, 5) is 1.83. The fraction of sp³-hybridized carbons (Fsp3) is 1.00. The van der Waals surface area contributed by atoms with Gasteiger partial charge in [-0.05, 0) is 7.05 Å². The van der Waals surface area contributed by atoms with E-state index < -0.39 is 12.3 Å². The molecule has 0 aromatic heterocycles. The Morgan fingerprint density at radius 3 is 2.00 bits per heavy atom. The highest BCUT2D eigenvalue weighted by atomic mass is 35.5. The van der Waals surface area contributed by atoms with Crippen molar-refractivity contribution < 1.29 is 8.78 Å². The molecule has 1 aliphatic heterocycles. The highest BCUT2D eigenvalue weighted by Gasteiger charge is 2.34. The fourth-order valence-electron chi connectivity index (χ4n) is 1.33. The number of alkyl halides is 2. The Balaban J connectivity index is 0. The molecule has 12 heavy (non-hydrogen) atoms. The topological polar surface area (TPSA) is 29.3 Å². The number of hydrogen-bond acceptors (Lipinski definition) is 2. The highest BCUT2D eigenvalue weighted by Crippen LogP contribution is 2.20. The molecule has 1 aliphatic rings. The maximum atomic E-state index is 12.1. The number of hydrogen-bond donors (Lipinski definition) is 1. The second-order valence-corrected chi connectivity index (χ2v) is 2.88. The Morgan fingerprint density at radius 1 is 1.33 bits per heavy atom. The van der Waals surface area contributed by atoms with Gasteiger partial charge in [-0.3, -0.25) is 0 Å². The van der Waals surface area contributed by atoms with Gasteiger partial charge in [0.1, 0.15) is 0 Å². The van der Waals surface area contributed by atoms with Gasteiger partial charge in [-0.25, -0.2) is 8.78 Å². The molecule has 1 fully saturated rings. The summed E-state index contributed by atoms with van der Waals surface area (Å²) in [5, 5.41) is 0. The maximum Gasteiger partial charge on any atom is 0.244 e. The zero-order chi connectivity index (χ0) is 7.72. The second kappa shape index (κ2) is 5.91. The number of nitrogens with zero attached hydrogens (tertiary/aromatic N) is 1. The number of likely N-dealkylation sites (tertiary alicyclic amines) is 1. The molecule has 2 atom stereocenters. The van der Waals surface area contributed by atoms with Crippen LogP contribution in [0.3, 0.4) is 0 Å². The van der Waals surface area contributed by atoms with Gasteiger partial charge in [-0.2, -0.15) is 0 Å². The average molecular weight is 223 g/mol. The predicted molar refractivity (Wildman–Crippen MR) is 49.5 cm³/mol. The standard InChI is InChI=1S/C6H12F2N2.2ClH/c1-10-2-4(6(7)8)5(9)3-10;;/h4-6H,2-3,9H2,1H3;2*1H/t4-,5-;;/m1../s1. The van der Waals surface area contributed by atoms with Crippen LogP contribution in [0.15, 0.2) is 0 Å². The van der Waals surface area contributed by atoms with Crippen molar-refractivity contribution in [1.82, 2.24) is 4.90 Å². The van der Waals surface area contributed by atoms with E-state index in [-0.39, 0.29) is 30.9 Å². The van der Waals surface area contributed by atoms with Crippen LogP contribution in [0.4, 0.5) is 8.78 Å². The van der Waals surface area contributed by atoms with Crippen LogP contribution in [-0.2, 0) is 0 Å². The summed E-state index contributed by atoms with van der Waals surface area (Å²) >= 11 is 0. The summed E-state index contributed by atoms with van der Waals surface area (Å²) in [5.74, 6) is -0.620. The van der Waals surface area contributed by atoms with Crippen molar-refractivity contribution in [1.29, 1.82) is 0 Å². The van der Waals surface area contributed by atoms with Crippen LogP contribution in [-0.4, -0.2) is 37.5 Å². The van der Waals surface area contributed by atoms with Gasteiger partial charge >= 0.3 is 0 Å². The van der Waals surface area contributed by atoms with Crippen molar-refractivity contribution in [3.8, 4) is 0 Å². The van der Waals surface area contributed by atoms with E-state index in [1.807, 2.05) is 11.9 Å². The van der Waals surface area contributed by atoms with E-state index in [1.165, 1.54) is 0 Å². The van der Waals surface area contributed by atoms with Crippen molar-refractivity contribution in [3.05, 3.63) is 0 Å². The Hall–Kier alpha value is 0.360. The van der Waals surface area contributed by atoms with Crippen LogP contribution in [0.2, 0.25) is 0 Å². The molecule has 0 aliphatic carbocycles. The number of halogens is 4. The zero-order valence-corrected chi connectivity index (χ0v) is 8.38. The summed E-state index contributed by atoms with van der Waals surface area (Å²) in [5.41, 5.74) is 5.45. The lowest BCUT2D eigenvalue weighted by Crippen LogP contribution is -2.33. The van der Waals surface area contributed by atoms with Crippen LogP contribution >= 0.6 is 24.8 Å². The number of likely N-dealkylation sites (N-methyl/N-ethyl adjacent to an activating group) is 1. The second-order valence-electron chi connectivity index (χ2n) is 2.88. The molecule has 1 saturated heterocycles. The summed E-state index contributed by atoms with van der Waals surface area (Å²) in [6.45, 7) is 1.02. The van der Waals surface area contributed by atoms with Crippen LogP contribution in [0, 0.1) is 5.92 Å². The molecule has 0 amide bonds. The molecule has 76 valence electrons. The number of rotatable bonds is 1. The molecule has 0 aromatic carbocycles. The Bertz CT molecular complexity index is 126. The first-order valence-electron chi connectivity index (χ1n) is 3.33. The summed E-state index contributed by atoms with van der Waals surface area (Å²) < 4.78 is 24.1. The monoisotopic (exact) mass is 222 g/mol. The smallest absolute Gasteiger partial charge is 0.244 e. The van der Waals surface area contributed by atoms with Gasteiger partial charge in [0.25, 0.3) is 0 Å². The predicted octanol–water partition coefficient (Wildman–Crippen LogP) is 0.984.